The van der Waals surface area contributed by atoms with Gasteiger partial charge in [-0.2, -0.15) is 0 Å². The van der Waals surface area contributed by atoms with Gasteiger partial charge >= 0.3 is 0 Å². The van der Waals surface area contributed by atoms with E-state index in [2.05, 4.69) is 38.3 Å². The predicted molar refractivity (Wildman–Crippen MR) is 78.2 cm³/mol. The quantitative estimate of drug-likeness (QED) is 0.880. The molecule has 0 bridgehead atoms. The number of aryl methyl sites for hydroxylation is 2. The smallest absolute Gasteiger partial charge is 0.114 e. The third kappa shape index (κ3) is 2.46. The lowest BCUT2D eigenvalue weighted by atomic mass is 9.79. The maximum Gasteiger partial charge on any atom is 0.114 e. The molecular weight excluding hydrogens is 242 g/mol. The molecule has 102 valence electrons. The van der Waals surface area contributed by atoms with Crippen molar-refractivity contribution in [3.05, 3.63) is 15.6 Å². The molecule has 2 heterocycles. The summed E-state index contributed by atoms with van der Waals surface area (Å²) in [5.74, 6) is 0.586. The van der Waals surface area contributed by atoms with Crippen molar-refractivity contribution in [3.63, 3.8) is 0 Å². The molecule has 0 aromatic carbocycles. The fourth-order valence-corrected chi connectivity index (χ4v) is 3.92. The summed E-state index contributed by atoms with van der Waals surface area (Å²) in [5, 5.41) is 8.58. The number of aromatic nitrogens is 1. The second kappa shape index (κ2) is 5.68. The van der Waals surface area contributed by atoms with E-state index in [-0.39, 0.29) is 5.54 Å². The first-order valence-electron chi connectivity index (χ1n) is 7.00. The Balaban J connectivity index is 2.33. The summed E-state index contributed by atoms with van der Waals surface area (Å²) in [5.41, 5.74) is 1.28. The summed E-state index contributed by atoms with van der Waals surface area (Å²) in [7, 11) is 0. The standard InChI is InChI=1S/C14H25N3S/c1-5-7-16-14(6-8-15-9-10(14)2)13-17-11(3)12(4)18-13/h10,15-16H,5-9H2,1-4H3. The molecule has 0 radical (unpaired) electrons. The van der Waals surface area contributed by atoms with Crippen LogP contribution < -0.4 is 10.6 Å². The molecule has 2 N–H and O–H groups in total. The monoisotopic (exact) mass is 267 g/mol. The van der Waals surface area contributed by atoms with Gasteiger partial charge in [0.2, 0.25) is 0 Å². The zero-order valence-electron chi connectivity index (χ0n) is 12.0. The zero-order chi connectivity index (χ0) is 13.2. The number of hydrogen-bond acceptors (Lipinski definition) is 4. The van der Waals surface area contributed by atoms with Gasteiger partial charge in [-0.3, -0.25) is 0 Å². The Kier molecular flexibility index (Phi) is 4.41. The first-order valence-corrected chi connectivity index (χ1v) is 7.82. The van der Waals surface area contributed by atoms with Crippen molar-refractivity contribution >= 4 is 11.3 Å². The number of hydrogen-bond donors (Lipinski definition) is 2. The molecule has 1 fully saturated rings. The molecule has 0 saturated carbocycles. The van der Waals surface area contributed by atoms with Gasteiger partial charge in [-0.1, -0.05) is 13.8 Å². The number of nitrogens with one attached hydrogen (secondary N) is 2. The highest BCUT2D eigenvalue weighted by atomic mass is 32.1. The van der Waals surface area contributed by atoms with E-state index in [0.717, 1.165) is 26.1 Å². The van der Waals surface area contributed by atoms with E-state index in [9.17, 15) is 0 Å². The number of piperidine rings is 1. The Bertz CT molecular complexity index is 382. The van der Waals surface area contributed by atoms with Crippen LogP contribution in [-0.4, -0.2) is 24.6 Å². The molecule has 18 heavy (non-hydrogen) atoms. The fourth-order valence-electron chi connectivity index (χ4n) is 2.69. The van der Waals surface area contributed by atoms with Crippen molar-refractivity contribution in [2.75, 3.05) is 19.6 Å². The van der Waals surface area contributed by atoms with E-state index in [4.69, 9.17) is 4.98 Å². The van der Waals surface area contributed by atoms with Crippen LogP contribution in [0.1, 0.15) is 42.3 Å². The van der Waals surface area contributed by atoms with Gasteiger partial charge in [-0.15, -0.1) is 11.3 Å². The van der Waals surface area contributed by atoms with Crippen molar-refractivity contribution in [2.45, 2.75) is 46.1 Å². The second-order valence-corrected chi connectivity index (χ2v) is 6.62. The first kappa shape index (κ1) is 14.0. The van der Waals surface area contributed by atoms with Crippen LogP contribution in [0.4, 0.5) is 0 Å². The average molecular weight is 267 g/mol. The normalized spacial score (nSPS) is 28.6. The third-order valence-electron chi connectivity index (χ3n) is 4.09. The highest BCUT2D eigenvalue weighted by Gasteiger charge is 2.41. The van der Waals surface area contributed by atoms with Crippen LogP contribution in [0.15, 0.2) is 0 Å². The molecule has 0 spiro atoms. The molecule has 1 aliphatic rings. The molecular formula is C14H25N3S. The van der Waals surface area contributed by atoms with E-state index < -0.39 is 0 Å². The van der Waals surface area contributed by atoms with Gasteiger partial charge in [-0.25, -0.2) is 4.98 Å². The van der Waals surface area contributed by atoms with Crippen molar-refractivity contribution < 1.29 is 0 Å². The van der Waals surface area contributed by atoms with Crippen LogP contribution in [0.2, 0.25) is 0 Å². The van der Waals surface area contributed by atoms with Gasteiger partial charge in [0.25, 0.3) is 0 Å². The summed E-state index contributed by atoms with van der Waals surface area (Å²) in [6, 6.07) is 0. The summed E-state index contributed by atoms with van der Waals surface area (Å²) < 4.78 is 0. The first-order chi connectivity index (χ1) is 8.60. The average Bonchev–Trinajstić information content (AvgIpc) is 2.69. The molecule has 2 rings (SSSR count). The minimum absolute atomic E-state index is 0.0882. The van der Waals surface area contributed by atoms with Crippen molar-refractivity contribution in [1.29, 1.82) is 0 Å². The minimum atomic E-state index is 0.0882. The van der Waals surface area contributed by atoms with E-state index in [0.29, 0.717) is 5.92 Å². The number of thiazole rings is 1. The summed E-state index contributed by atoms with van der Waals surface area (Å²) in [4.78, 5) is 6.19. The maximum atomic E-state index is 4.84. The minimum Gasteiger partial charge on any atom is -0.316 e. The Morgan fingerprint density at radius 2 is 2.28 bits per heavy atom. The highest BCUT2D eigenvalue weighted by molar-refractivity contribution is 7.11. The molecule has 1 aliphatic heterocycles. The third-order valence-corrected chi connectivity index (χ3v) is 5.34. The Morgan fingerprint density at radius 3 is 2.83 bits per heavy atom. The number of nitrogens with zero attached hydrogens (tertiary/aromatic N) is 1. The Hall–Kier alpha value is -0.450. The van der Waals surface area contributed by atoms with Crippen LogP contribution in [0.3, 0.4) is 0 Å². The van der Waals surface area contributed by atoms with Crippen LogP contribution in [-0.2, 0) is 5.54 Å². The van der Waals surface area contributed by atoms with Gasteiger partial charge in [0, 0.05) is 4.88 Å². The predicted octanol–water partition coefficient (Wildman–Crippen LogP) is 2.58. The van der Waals surface area contributed by atoms with Gasteiger partial charge in [0.15, 0.2) is 0 Å². The van der Waals surface area contributed by atoms with Crippen LogP contribution in [0.25, 0.3) is 0 Å². The summed E-state index contributed by atoms with van der Waals surface area (Å²) >= 11 is 1.87. The van der Waals surface area contributed by atoms with Gasteiger partial charge < -0.3 is 10.6 Å². The van der Waals surface area contributed by atoms with E-state index in [1.54, 1.807) is 0 Å². The Labute approximate surface area is 114 Å². The molecule has 3 nitrogen and oxygen atoms in total. The maximum absolute atomic E-state index is 4.84. The lowest BCUT2D eigenvalue weighted by Crippen LogP contribution is -2.55. The van der Waals surface area contributed by atoms with Gasteiger partial charge in [0.1, 0.15) is 5.01 Å². The fraction of sp³-hybridized carbons (Fsp3) is 0.786. The molecule has 1 saturated heterocycles. The van der Waals surface area contributed by atoms with Gasteiger partial charge in [-0.05, 0) is 52.2 Å². The summed E-state index contributed by atoms with van der Waals surface area (Å²) in [6.45, 7) is 12.1. The van der Waals surface area contributed by atoms with Crippen molar-refractivity contribution in [2.24, 2.45) is 5.92 Å². The van der Waals surface area contributed by atoms with Crippen LogP contribution >= 0.6 is 11.3 Å². The molecule has 1 aromatic rings. The molecule has 0 amide bonds. The SMILES string of the molecule is CCCNC1(c2nc(C)c(C)s2)CCNCC1C. The molecule has 4 heteroatoms. The van der Waals surface area contributed by atoms with Crippen LogP contribution in [0, 0.1) is 19.8 Å². The zero-order valence-corrected chi connectivity index (χ0v) is 12.8. The molecule has 2 atom stereocenters. The molecule has 0 aliphatic carbocycles. The largest absolute Gasteiger partial charge is 0.316 e. The van der Waals surface area contributed by atoms with Crippen LogP contribution in [0.5, 0.6) is 0 Å². The van der Waals surface area contributed by atoms with Crippen molar-refractivity contribution in [1.82, 2.24) is 15.6 Å². The number of rotatable bonds is 4. The van der Waals surface area contributed by atoms with E-state index in [1.165, 1.54) is 22.0 Å². The summed E-state index contributed by atoms with van der Waals surface area (Å²) in [6.07, 6.45) is 2.31. The highest BCUT2D eigenvalue weighted by Crippen LogP contribution is 2.38. The molecule has 2 unspecified atom stereocenters. The topological polar surface area (TPSA) is 37.0 Å². The second-order valence-electron chi connectivity index (χ2n) is 5.41. The Morgan fingerprint density at radius 1 is 1.50 bits per heavy atom. The molecule has 1 aromatic heterocycles. The lowest BCUT2D eigenvalue weighted by molar-refractivity contribution is 0.167. The van der Waals surface area contributed by atoms with E-state index >= 15 is 0 Å². The lowest BCUT2D eigenvalue weighted by Gasteiger charge is -2.42. The van der Waals surface area contributed by atoms with Gasteiger partial charge in [0.05, 0.1) is 11.2 Å². The van der Waals surface area contributed by atoms with Crippen molar-refractivity contribution in [3.8, 4) is 0 Å². The van der Waals surface area contributed by atoms with E-state index in [1.807, 2.05) is 11.3 Å².